The molecule has 0 saturated carbocycles. The lowest BCUT2D eigenvalue weighted by Crippen LogP contribution is -2.42. The van der Waals surface area contributed by atoms with Gasteiger partial charge in [-0.3, -0.25) is 9.69 Å². The molecular weight excluding hydrogens is 397 g/mol. The molecule has 2 aromatic carbocycles. The second-order valence-electron chi connectivity index (χ2n) is 7.26. The van der Waals surface area contributed by atoms with E-state index in [0.717, 1.165) is 11.8 Å². The zero-order valence-corrected chi connectivity index (χ0v) is 16.7. The number of sulfone groups is 1. The van der Waals surface area contributed by atoms with Crippen LogP contribution in [0.1, 0.15) is 22.3 Å². The number of aliphatic hydroxyl groups is 1. The van der Waals surface area contributed by atoms with Crippen LogP contribution in [0.2, 0.25) is 0 Å². The lowest BCUT2D eigenvalue weighted by molar-refractivity contribution is 0.0524. The molecule has 3 rings (SSSR count). The SMILES string of the molecule is O=Cc1ccc(OCC(O)CN(Cc2ccc(F)cc2)C2CCS(=O)(=O)C2)cc1. The molecule has 0 bridgehead atoms. The third-order valence-electron chi connectivity index (χ3n) is 4.93. The fourth-order valence-corrected chi connectivity index (χ4v) is 5.15. The normalized spacial score (nSPS) is 19.2. The second-order valence-corrected chi connectivity index (χ2v) is 9.49. The number of rotatable bonds is 9. The van der Waals surface area contributed by atoms with Crippen molar-refractivity contribution in [2.24, 2.45) is 0 Å². The summed E-state index contributed by atoms with van der Waals surface area (Å²) in [5.74, 6) is 0.378. The van der Waals surface area contributed by atoms with E-state index in [0.29, 0.717) is 24.3 Å². The molecule has 1 heterocycles. The minimum absolute atomic E-state index is 0.0276. The van der Waals surface area contributed by atoms with Crippen molar-refractivity contribution in [3.63, 3.8) is 0 Å². The predicted molar refractivity (Wildman–Crippen MR) is 107 cm³/mol. The van der Waals surface area contributed by atoms with Crippen molar-refractivity contribution < 1.29 is 27.4 Å². The highest BCUT2D eigenvalue weighted by molar-refractivity contribution is 7.91. The quantitative estimate of drug-likeness (QED) is 0.624. The number of hydrogen-bond acceptors (Lipinski definition) is 6. The van der Waals surface area contributed by atoms with Crippen LogP contribution in [0.15, 0.2) is 48.5 Å². The average Bonchev–Trinajstić information content (AvgIpc) is 3.07. The Kier molecular flexibility index (Phi) is 7.00. The maximum Gasteiger partial charge on any atom is 0.151 e. The maximum absolute atomic E-state index is 13.2. The summed E-state index contributed by atoms with van der Waals surface area (Å²) >= 11 is 0. The van der Waals surface area contributed by atoms with E-state index in [-0.39, 0.29) is 36.5 Å². The zero-order chi connectivity index (χ0) is 20.9. The van der Waals surface area contributed by atoms with Crippen LogP contribution < -0.4 is 4.74 Å². The molecule has 6 nitrogen and oxygen atoms in total. The topological polar surface area (TPSA) is 83.9 Å². The van der Waals surface area contributed by atoms with Gasteiger partial charge in [0.2, 0.25) is 0 Å². The number of halogens is 1. The second kappa shape index (κ2) is 9.47. The third kappa shape index (κ3) is 6.35. The number of benzene rings is 2. The van der Waals surface area contributed by atoms with Crippen molar-refractivity contribution in [2.75, 3.05) is 24.7 Å². The summed E-state index contributed by atoms with van der Waals surface area (Å²) in [5.41, 5.74) is 1.37. The van der Waals surface area contributed by atoms with Gasteiger partial charge >= 0.3 is 0 Å². The summed E-state index contributed by atoms with van der Waals surface area (Å²) in [7, 11) is -3.08. The van der Waals surface area contributed by atoms with Crippen LogP contribution in [0.4, 0.5) is 4.39 Å². The Bertz CT molecular complexity index is 915. The van der Waals surface area contributed by atoms with Crippen LogP contribution in [0.5, 0.6) is 5.75 Å². The highest BCUT2D eigenvalue weighted by Gasteiger charge is 2.33. The van der Waals surface area contributed by atoms with Gasteiger partial charge in [0.1, 0.15) is 30.6 Å². The molecule has 0 aromatic heterocycles. The number of carbonyl (C=O) groups is 1. The van der Waals surface area contributed by atoms with Crippen molar-refractivity contribution >= 4 is 16.1 Å². The van der Waals surface area contributed by atoms with Crippen molar-refractivity contribution in [2.45, 2.75) is 25.1 Å². The van der Waals surface area contributed by atoms with Crippen molar-refractivity contribution in [1.82, 2.24) is 4.90 Å². The standard InChI is InChI=1S/C21H24FNO5S/c22-18-5-1-16(2-6-18)11-23(19-9-10-29(26,27)15-19)12-20(25)14-28-21-7-3-17(13-24)4-8-21/h1-8,13,19-20,25H,9-12,14-15H2. The molecule has 0 aliphatic carbocycles. The van der Waals surface area contributed by atoms with E-state index in [2.05, 4.69) is 0 Å². The Morgan fingerprint density at radius 3 is 2.45 bits per heavy atom. The first-order valence-electron chi connectivity index (χ1n) is 9.39. The molecule has 2 unspecified atom stereocenters. The summed E-state index contributed by atoms with van der Waals surface area (Å²) in [4.78, 5) is 12.6. The highest BCUT2D eigenvalue weighted by Crippen LogP contribution is 2.21. The zero-order valence-electron chi connectivity index (χ0n) is 15.9. The molecule has 0 amide bonds. The van der Waals surface area contributed by atoms with E-state index in [1.165, 1.54) is 12.1 Å². The van der Waals surface area contributed by atoms with Crippen LogP contribution in [0.25, 0.3) is 0 Å². The summed E-state index contributed by atoms with van der Waals surface area (Å²) in [6.07, 6.45) is 0.399. The van der Waals surface area contributed by atoms with Gasteiger partial charge in [-0.15, -0.1) is 0 Å². The first kappa shape index (κ1) is 21.4. The van der Waals surface area contributed by atoms with Crippen molar-refractivity contribution in [1.29, 1.82) is 0 Å². The minimum atomic E-state index is -3.08. The molecule has 0 radical (unpaired) electrons. The lowest BCUT2D eigenvalue weighted by atomic mass is 10.1. The molecule has 2 atom stereocenters. The summed E-state index contributed by atoms with van der Waals surface area (Å²) in [6, 6.07) is 12.4. The molecule has 1 aliphatic heterocycles. The van der Waals surface area contributed by atoms with Crippen LogP contribution >= 0.6 is 0 Å². The van der Waals surface area contributed by atoms with Gasteiger partial charge in [0.25, 0.3) is 0 Å². The number of aliphatic hydroxyl groups excluding tert-OH is 1. The number of hydrogen-bond donors (Lipinski definition) is 1. The Morgan fingerprint density at radius 1 is 1.17 bits per heavy atom. The summed E-state index contributed by atoms with van der Waals surface area (Å²) in [6.45, 7) is 0.662. The van der Waals surface area contributed by atoms with Gasteiger partial charge in [0.05, 0.1) is 11.5 Å². The first-order valence-corrected chi connectivity index (χ1v) is 11.2. The number of aldehydes is 1. The van der Waals surface area contributed by atoms with Crippen LogP contribution in [0.3, 0.4) is 0 Å². The largest absolute Gasteiger partial charge is 0.491 e. The van der Waals surface area contributed by atoms with Crippen LogP contribution in [-0.2, 0) is 16.4 Å². The van der Waals surface area contributed by atoms with Gasteiger partial charge in [-0.1, -0.05) is 12.1 Å². The molecule has 1 aliphatic rings. The molecular formula is C21H24FNO5S. The first-order chi connectivity index (χ1) is 13.8. The molecule has 1 fully saturated rings. The van der Waals surface area contributed by atoms with Crippen molar-refractivity contribution in [3.05, 3.63) is 65.5 Å². The van der Waals surface area contributed by atoms with E-state index in [9.17, 15) is 22.7 Å². The van der Waals surface area contributed by atoms with Gasteiger partial charge < -0.3 is 9.84 Å². The maximum atomic E-state index is 13.2. The van der Waals surface area contributed by atoms with Gasteiger partial charge in [-0.05, 0) is 48.4 Å². The van der Waals surface area contributed by atoms with Crippen molar-refractivity contribution in [3.8, 4) is 5.75 Å². The van der Waals surface area contributed by atoms with Crippen LogP contribution in [-0.4, -0.2) is 61.5 Å². The molecule has 1 saturated heterocycles. The third-order valence-corrected chi connectivity index (χ3v) is 6.68. The van der Waals surface area contributed by atoms with Crippen LogP contribution in [0, 0.1) is 5.82 Å². The van der Waals surface area contributed by atoms with E-state index in [1.807, 2.05) is 4.90 Å². The van der Waals surface area contributed by atoms with Gasteiger partial charge in [0, 0.05) is 24.7 Å². The average molecular weight is 421 g/mol. The Morgan fingerprint density at radius 2 is 1.86 bits per heavy atom. The Balaban J connectivity index is 1.63. The van der Waals surface area contributed by atoms with E-state index >= 15 is 0 Å². The van der Waals surface area contributed by atoms with E-state index in [4.69, 9.17) is 4.74 Å². The molecule has 2 aromatic rings. The van der Waals surface area contributed by atoms with Gasteiger partial charge in [-0.25, -0.2) is 12.8 Å². The summed E-state index contributed by atoms with van der Waals surface area (Å²) < 4.78 is 42.6. The molecule has 0 spiro atoms. The highest BCUT2D eigenvalue weighted by atomic mass is 32.2. The Labute approximate surface area is 169 Å². The molecule has 156 valence electrons. The predicted octanol–water partition coefficient (Wildman–Crippen LogP) is 2.07. The fraction of sp³-hybridized carbons (Fsp3) is 0.381. The number of carbonyl (C=O) groups excluding carboxylic acids is 1. The van der Waals surface area contributed by atoms with E-state index in [1.54, 1.807) is 36.4 Å². The van der Waals surface area contributed by atoms with Gasteiger partial charge in [-0.2, -0.15) is 0 Å². The number of ether oxygens (including phenoxy) is 1. The van der Waals surface area contributed by atoms with Gasteiger partial charge in [0.15, 0.2) is 9.84 Å². The summed E-state index contributed by atoms with van der Waals surface area (Å²) in [5, 5.41) is 10.5. The fourth-order valence-electron chi connectivity index (χ4n) is 3.39. The minimum Gasteiger partial charge on any atom is -0.491 e. The Hall–Kier alpha value is -2.29. The molecule has 1 N–H and O–H groups in total. The molecule has 8 heteroatoms. The smallest absolute Gasteiger partial charge is 0.151 e. The van der Waals surface area contributed by atoms with E-state index < -0.39 is 15.9 Å². The molecule has 29 heavy (non-hydrogen) atoms. The number of nitrogens with zero attached hydrogens (tertiary/aromatic N) is 1. The monoisotopic (exact) mass is 421 g/mol. The lowest BCUT2D eigenvalue weighted by Gasteiger charge is -2.30.